The fourth-order valence-electron chi connectivity index (χ4n) is 2.84. The van der Waals surface area contributed by atoms with Crippen LogP contribution in [0.25, 0.3) is 21.9 Å². The Morgan fingerprint density at radius 2 is 1.91 bits per heavy atom. The summed E-state index contributed by atoms with van der Waals surface area (Å²) in [6, 6.07) is 10.2. The van der Waals surface area contributed by atoms with E-state index in [0.717, 1.165) is 5.56 Å². The van der Waals surface area contributed by atoms with Gasteiger partial charge in [-0.1, -0.05) is 12.1 Å². The lowest BCUT2D eigenvalue weighted by Gasteiger charge is -2.16. The first-order valence-electron chi connectivity index (χ1n) is 7.46. The van der Waals surface area contributed by atoms with E-state index in [2.05, 4.69) is 0 Å². The minimum Gasteiger partial charge on any atom is -0.507 e. The van der Waals surface area contributed by atoms with Gasteiger partial charge in [0.15, 0.2) is 0 Å². The number of aliphatic hydroxyl groups excluding tert-OH is 1. The fraction of sp³-hybridized carbons (Fsp3) is 0.278. The zero-order valence-corrected chi connectivity index (χ0v) is 13.1. The summed E-state index contributed by atoms with van der Waals surface area (Å²) in [5, 5.41) is 20.9. The number of fused-ring (bicyclic) bond motifs is 2. The van der Waals surface area contributed by atoms with E-state index < -0.39 is 6.10 Å². The Hall–Kier alpha value is -2.37. The third kappa shape index (κ3) is 3.06. The molecule has 1 atom stereocenters. The molecular weight excluding hydrogens is 294 g/mol. The molecule has 5 heteroatoms. The van der Waals surface area contributed by atoms with Crippen molar-refractivity contribution >= 4 is 21.9 Å². The van der Waals surface area contributed by atoms with E-state index in [0.29, 0.717) is 29.5 Å². The van der Waals surface area contributed by atoms with Gasteiger partial charge in [0.25, 0.3) is 0 Å². The lowest BCUT2D eigenvalue weighted by Crippen LogP contribution is -2.27. The predicted molar refractivity (Wildman–Crippen MR) is 89.9 cm³/mol. The van der Waals surface area contributed by atoms with Crippen LogP contribution in [0.2, 0.25) is 0 Å². The molecule has 2 N–H and O–H groups in total. The van der Waals surface area contributed by atoms with Crippen molar-refractivity contribution in [1.29, 1.82) is 0 Å². The summed E-state index contributed by atoms with van der Waals surface area (Å²) < 4.78 is 5.76. The minimum atomic E-state index is -0.561. The molecule has 120 valence electrons. The second kappa shape index (κ2) is 6.02. The molecule has 1 aromatic heterocycles. The molecule has 23 heavy (non-hydrogen) atoms. The van der Waals surface area contributed by atoms with Crippen molar-refractivity contribution in [1.82, 2.24) is 4.90 Å². The number of hydrogen-bond acceptors (Lipinski definition) is 5. The van der Waals surface area contributed by atoms with Gasteiger partial charge in [-0.05, 0) is 50.3 Å². The van der Waals surface area contributed by atoms with Crippen molar-refractivity contribution in [3.63, 3.8) is 0 Å². The average Bonchev–Trinajstić information content (AvgIpc) is 2.45. The second-order valence-corrected chi connectivity index (χ2v) is 6.04. The Balaban J connectivity index is 2.11. The molecule has 0 radical (unpaired) electrons. The van der Waals surface area contributed by atoms with Gasteiger partial charge in [-0.3, -0.25) is 4.79 Å². The summed E-state index contributed by atoms with van der Waals surface area (Å²) in [6.07, 6.45) is -0.188. The highest BCUT2D eigenvalue weighted by Gasteiger charge is 2.14. The van der Waals surface area contributed by atoms with Crippen LogP contribution in [-0.2, 0) is 6.42 Å². The van der Waals surface area contributed by atoms with Gasteiger partial charge in [0.05, 0.1) is 11.5 Å². The van der Waals surface area contributed by atoms with Gasteiger partial charge in [0.1, 0.15) is 22.3 Å². The Morgan fingerprint density at radius 1 is 1.17 bits per heavy atom. The van der Waals surface area contributed by atoms with Crippen LogP contribution in [0.1, 0.15) is 5.56 Å². The van der Waals surface area contributed by atoms with E-state index in [1.807, 2.05) is 19.0 Å². The standard InChI is InChI=1S/C18H19NO4/c1-19(2)10-12(20)7-11-8-14(21)17-16(9-11)23-15-6-4-3-5-13(15)18(17)22/h3-6,8-9,12,20-21H,7,10H2,1-2H3. The molecule has 0 aliphatic rings. The molecule has 3 aromatic rings. The maximum Gasteiger partial charge on any atom is 0.204 e. The normalized spacial score (nSPS) is 13.0. The van der Waals surface area contributed by atoms with E-state index in [1.165, 1.54) is 6.07 Å². The Kier molecular flexibility index (Phi) is 4.07. The van der Waals surface area contributed by atoms with Crippen LogP contribution in [0.3, 0.4) is 0 Å². The number of likely N-dealkylation sites (N-methyl/N-ethyl adjacent to an activating group) is 1. The third-order valence-corrected chi connectivity index (χ3v) is 3.77. The molecule has 0 saturated heterocycles. The van der Waals surface area contributed by atoms with E-state index in [1.54, 1.807) is 30.3 Å². The first-order chi connectivity index (χ1) is 11.0. The second-order valence-electron chi connectivity index (χ2n) is 6.04. The van der Waals surface area contributed by atoms with Crippen molar-refractivity contribution in [2.45, 2.75) is 12.5 Å². The summed E-state index contributed by atoms with van der Waals surface area (Å²) in [7, 11) is 3.76. The highest BCUT2D eigenvalue weighted by Crippen LogP contribution is 2.27. The topological polar surface area (TPSA) is 73.9 Å². The van der Waals surface area contributed by atoms with Gasteiger partial charge in [0.2, 0.25) is 5.43 Å². The van der Waals surface area contributed by atoms with E-state index in [4.69, 9.17) is 4.42 Å². The van der Waals surface area contributed by atoms with Gasteiger partial charge in [0, 0.05) is 6.54 Å². The number of benzene rings is 2. The molecule has 5 nitrogen and oxygen atoms in total. The van der Waals surface area contributed by atoms with Crippen LogP contribution in [0.5, 0.6) is 5.75 Å². The number of aromatic hydroxyl groups is 1. The first kappa shape index (κ1) is 15.5. The van der Waals surface area contributed by atoms with Crippen LogP contribution in [-0.4, -0.2) is 41.9 Å². The largest absolute Gasteiger partial charge is 0.507 e. The van der Waals surface area contributed by atoms with Crippen molar-refractivity contribution in [3.05, 3.63) is 52.2 Å². The number of phenolic OH excluding ortho intramolecular Hbond substituents is 1. The Bertz CT molecular complexity index is 914. The molecule has 1 unspecified atom stereocenters. The molecule has 0 fully saturated rings. The molecule has 0 aliphatic carbocycles. The molecule has 2 aromatic carbocycles. The summed E-state index contributed by atoms with van der Waals surface area (Å²) in [4.78, 5) is 14.4. The fourth-order valence-corrected chi connectivity index (χ4v) is 2.84. The molecule has 0 saturated carbocycles. The van der Waals surface area contributed by atoms with Crippen molar-refractivity contribution in [3.8, 4) is 5.75 Å². The molecule has 0 bridgehead atoms. The number of nitrogens with zero attached hydrogens (tertiary/aromatic N) is 1. The number of phenols is 1. The average molecular weight is 313 g/mol. The van der Waals surface area contributed by atoms with Gasteiger partial charge < -0.3 is 19.5 Å². The molecule has 0 spiro atoms. The SMILES string of the molecule is CN(C)CC(O)Cc1cc(O)c2c(=O)c3ccccc3oc2c1. The molecule has 0 aliphatic heterocycles. The third-order valence-electron chi connectivity index (χ3n) is 3.77. The monoisotopic (exact) mass is 313 g/mol. The van der Waals surface area contributed by atoms with Gasteiger partial charge in [-0.15, -0.1) is 0 Å². The number of para-hydroxylation sites is 1. The summed E-state index contributed by atoms with van der Waals surface area (Å²) >= 11 is 0. The lowest BCUT2D eigenvalue weighted by molar-refractivity contribution is 0.137. The van der Waals surface area contributed by atoms with Crippen LogP contribution in [0, 0.1) is 0 Å². The minimum absolute atomic E-state index is 0.117. The molecule has 1 heterocycles. The highest BCUT2D eigenvalue weighted by molar-refractivity contribution is 5.93. The number of aliphatic hydroxyl groups is 1. The maximum absolute atomic E-state index is 12.5. The summed E-state index contributed by atoms with van der Waals surface area (Å²) in [5.74, 6) is -0.117. The maximum atomic E-state index is 12.5. The number of hydrogen-bond donors (Lipinski definition) is 2. The smallest absolute Gasteiger partial charge is 0.204 e. The zero-order valence-electron chi connectivity index (χ0n) is 13.1. The van der Waals surface area contributed by atoms with E-state index in [-0.39, 0.29) is 16.6 Å². The Morgan fingerprint density at radius 3 is 2.65 bits per heavy atom. The lowest BCUT2D eigenvalue weighted by atomic mass is 10.0. The van der Waals surface area contributed by atoms with Gasteiger partial charge in [-0.2, -0.15) is 0 Å². The number of rotatable bonds is 4. The van der Waals surface area contributed by atoms with E-state index in [9.17, 15) is 15.0 Å². The van der Waals surface area contributed by atoms with Crippen LogP contribution in [0.4, 0.5) is 0 Å². The van der Waals surface area contributed by atoms with Crippen LogP contribution in [0.15, 0.2) is 45.6 Å². The molecular formula is C18H19NO4. The highest BCUT2D eigenvalue weighted by atomic mass is 16.3. The van der Waals surface area contributed by atoms with E-state index >= 15 is 0 Å². The van der Waals surface area contributed by atoms with Gasteiger partial charge >= 0.3 is 0 Å². The van der Waals surface area contributed by atoms with Crippen LogP contribution < -0.4 is 5.43 Å². The first-order valence-corrected chi connectivity index (χ1v) is 7.46. The predicted octanol–water partition coefficient (Wildman–Crippen LogP) is 2.12. The van der Waals surface area contributed by atoms with Crippen LogP contribution >= 0.6 is 0 Å². The van der Waals surface area contributed by atoms with Crippen molar-refractivity contribution < 1.29 is 14.6 Å². The quantitative estimate of drug-likeness (QED) is 0.722. The van der Waals surface area contributed by atoms with Crippen molar-refractivity contribution in [2.24, 2.45) is 0 Å². The molecule has 0 amide bonds. The Labute approximate surface area is 133 Å². The summed E-state index contributed by atoms with van der Waals surface area (Å²) in [5.41, 5.74) is 1.29. The molecule has 3 rings (SSSR count). The van der Waals surface area contributed by atoms with Crippen molar-refractivity contribution in [2.75, 3.05) is 20.6 Å². The summed E-state index contributed by atoms with van der Waals surface area (Å²) in [6.45, 7) is 0.514. The van der Waals surface area contributed by atoms with Gasteiger partial charge in [-0.25, -0.2) is 0 Å². The zero-order chi connectivity index (χ0) is 16.6.